The van der Waals surface area contributed by atoms with Crippen molar-refractivity contribution in [2.24, 2.45) is 0 Å². The van der Waals surface area contributed by atoms with E-state index in [-0.39, 0.29) is 12.5 Å². The van der Waals surface area contributed by atoms with Crippen molar-refractivity contribution in [2.75, 3.05) is 13.2 Å². The number of ether oxygens (including phenoxy) is 2. The Bertz CT molecular complexity index is 1090. The van der Waals surface area contributed by atoms with E-state index in [0.717, 1.165) is 64.2 Å². The predicted molar refractivity (Wildman–Crippen MR) is 253 cm³/mol. The number of carbonyl (C=O) groups is 1. The van der Waals surface area contributed by atoms with E-state index in [1.165, 1.54) is 128 Å². The lowest BCUT2D eigenvalue weighted by Crippen LogP contribution is -2.60. The van der Waals surface area contributed by atoms with Gasteiger partial charge in [-0.05, 0) is 51.4 Å². The lowest BCUT2D eigenvalue weighted by molar-refractivity contribution is -0.302. The fourth-order valence-corrected chi connectivity index (χ4v) is 7.92. The first kappa shape index (κ1) is 57.2. The zero-order chi connectivity index (χ0) is 44.4. The molecule has 0 aromatic rings. The van der Waals surface area contributed by atoms with Crippen molar-refractivity contribution >= 4 is 5.91 Å². The van der Waals surface area contributed by atoms with Crippen LogP contribution in [0.15, 0.2) is 48.6 Å². The molecule has 1 fully saturated rings. The lowest BCUT2D eigenvalue weighted by atomic mass is 9.99. The summed E-state index contributed by atoms with van der Waals surface area (Å²) in [6.07, 6.45) is 47.2. The van der Waals surface area contributed by atoms with Crippen LogP contribution in [0.1, 0.15) is 219 Å². The summed E-state index contributed by atoms with van der Waals surface area (Å²) in [5, 5.41) is 54.3. The molecule has 7 atom stereocenters. The molecule has 0 aromatic heterocycles. The summed E-state index contributed by atoms with van der Waals surface area (Å²) in [5.74, 6) is -0.147. The molecule has 1 amide bonds. The molecule has 356 valence electrons. The van der Waals surface area contributed by atoms with E-state index in [0.29, 0.717) is 12.8 Å². The Morgan fingerprint density at radius 1 is 0.574 bits per heavy atom. The molecule has 0 aliphatic carbocycles. The number of aliphatic hydroxyl groups excluding tert-OH is 5. The molecular weight excluding hydrogens is 767 g/mol. The fourth-order valence-electron chi connectivity index (χ4n) is 7.92. The molecule has 1 heterocycles. The summed E-state index contributed by atoms with van der Waals surface area (Å²) >= 11 is 0. The van der Waals surface area contributed by atoms with Gasteiger partial charge < -0.3 is 40.3 Å². The van der Waals surface area contributed by atoms with E-state index in [9.17, 15) is 30.3 Å². The van der Waals surface area contributed by atoms with Gasteiger partial charge in [0.15, 0.2) is 6.29 Å². The minimum Gasteiger partial charge on any atom is -0.394 e. The third kappa shape index (κ3) is 32.5. The van der Waals surface area contributed by atoms with Crippen LogP contribution in [0.3, 0.4) is 0 Å². The number of nitrogens with one attached hydrogen (secondary N) is 1. The largest absolute Gasteiger partial charge is 0.394 e. The number of rotatable bonds is 42. The minimum atomic E-state index is -1.55. The van der Waals surface area contributed by atoms with Crippen LogP contribution < -0.4 is 5.32 Å². The van der Waals surface area contributed by atoms with Crippen LogP contribution in [0.4, 0.5) is 0 Å². The first-order chi connectivity index (χ1) is 29.8. The van der Waals surface area contributed by atoms with Gasteiger partial charge >= 0.3 is 0 Å². The van der Waals surface area contributed by atoms with Crippen LogP contribution in [0.5, 0.6) is 0 Å². The number of allylic oxidation sites excluding steroid dienone is 8. The Morgan fingerprint density at radius 2 is 1.02 bits per heavy atom. The molecule has 1 rings (SSSR count). The van der Waals surface area contributed by atoms with E-state index >= 15 is 0 Å². The van der Waals surface area contributed by atoms with Crippen LogP contribution in [0, 0.1) is 0 Å². The molecule has 0 radical (unpaired) electrons. The number of amides is 1. The van der Waals surface area contributed by atoms with Gasteiger partial charge in [0, 0.05) is 6.42 Å². The number of aliphatic hydroxyl groups is 5. The number of hydrogen-bond acceptors (Lipinski definition) is 8. The summed E-state index contributed by atoms with van der Waals surface area (Å²) in [7, 11) is 0. The van der Waals surface area contributed by atoms with Gasteiger partial charge in [-0.1, -0.05) is 210 Å². The van der Waals surface area contributed by atoms with E-state index in [1.807, 2.05) is 0 Å². The fraction of sp³-hybridized carbons (Fsp3) is 0.827. The normalized spacial score (nSPS) is 20.8. The van der Waals surface area contributed by atoms with Gasteiger partial charge in [0.2, 0.25) is 5.91 Å². The smallest absolute Gasteiger partial charge is 0.220 e. The van der Waals surface area contributed by atoms with E-state index < -0.39 is 49.5 Å². The summed E-state index contributed by atoms with van der Waals surface area (Å²) in [5.41, 5.74) is 0. The van der Waals surface area contributed by atoms with E-state index in [2.05, 4.69) is 67.8 Å². The molecule has 0 spiro atoms. The van der Waals surface area contributed by atoms with Gasteiger partial charge in [0.25, 0.3) is 0 Å². The van der Waals surface area contributed by atoms with Crippen molar-refractivity contribution in [3.63, 3.8) is 0 Å². The Balaban J connectivity index is 2.13. The van der Waals surface area contributed by atoms with E-state index in [4.69, 9.17) is 9.47 Å². The molecule has 6 N–H and O–H groups in total. The molecule has 1 saturated heterocycles. The van der Waals surface area contributed by atoms with Crippen LogP contribution >= 0.6 is 0 Å². The summed E-state index contributed by atoms with van der Waals surface area (Å²) in [6, 6.07) is -0.716. The van der Waals surface area contributed by atoms with E-state index in [1.54, 1.807) is 0 Å². The highest BCUT2D eigenvalue weighted by Crippen LogP contribution is 2.23. The molecular formula is C52H95NO8. The highest BCUT2D eigenvalue weighted by Gasteiger charge is 2.44. The van der Waals surface area contributed by atoms with Crippen molar-refractivity contribution in [3.05, 3.63) is 48.6 Å². The molecule has 7 unspecified atom stereocenters. The highest BCUT2D eigenvalue weighted by molar-refractivity contribution is 5.76. The Morgan fingerprint density at radius 3 is 1.51 bits per heavy atom. The summed E-state index contributed by atoms with van der Waals surface area (Å²) in [4.78, 5) is 13.0. The summed E-state index contributed by atoms with van der Waals surface area (Å²) < 4.78 is 11.2. The number of carbonyl (C=O) groups excluding carboxylic acids is 1. The van der Waals surface area contributed by atoms with Gasteiger partial charge in [0.05, 0.1) is 25.4 Å². The minimum absolute atomic E-state index is 0.138. The number of unbranched alkanes of at least 4 members (excludes halogenated alkanes) is 24. The van der Waals surface area contributed by atoms with Gasteiger partial charge in [-0.2, -0.15) is 0 Å². The SMILES string of the molecule is CC/C=C\C/C=C\C/C=C\C/C=C\CCCCCCCCCCCCCCCCCCC(=O)NC(COC1OC(CO)C(O)C(O)C1O)C(O)CCCCCCCCCCC. The zero-order valence-electron chi connectivity index (χ0n) is 39.2. The third-order valence-electron chi connectivity index (χ3n) is 11.9. The molecule has 9 heteroatoms. The predicted octanol–water partition coefficient (Wildman–Crippen LogP) is 11.4. The second-order valence-corrected chi connectivity index (χ2v) is 17.6. The molecule has 61 heavy (non-hydrogen) atoms. The average molecular weight is 862 g/mol. The third-order valence-corrected chi connectivity index (χ3v) is 11.9. The first-order valence-electron chi connectivity index (χ1n) is 25.3. The van der Waals surface area contributed by atoms with Crippen LogP contribution in [-0.4, -0.2) is 87.5 Å². The summed E-state index contributed by atoms with van der Waals surface area (Å²) in [6.45, 7) is 3.70. The van der Waals surface area contributed by atoms with Crippen molar-refractivity contribution in [1.29, 1.82) is 0 Å². The quantitative estimate of drug-likeness (QED) is 0.0262. The average Bonchev–Trinajstić information content (AvgIpc) is 3.26. The standard InChI is InChI=1S/C52H95NO8/c1-3-5-7-9-11-13-14-15-16-17-18-19-20-21-22-23-24-25-26-27-28-29-30-31-32-34-36-38-40-42-48(56)53-45(46(55)41-39-37-35-33-12-10-8-6-4-2)44-60-52-51(59)50(58)49(57)47(43-54)61-52/h5,7,11,13,15-16,18-19,45-47,49-52,54-55,57-59H,3-4,6,8-10,12,14,17,20-44H2,1-2H3,(H,53,56)/b7-5-,13-11-,16-15-,19-18-. The van der Waals surface area contributed by atoms with Crippen molar-refractivity contribution in [3.8, 4) is 0 Å². The van der Waals surface area contributed by atoms with Crippen LogP contribution in [-0.2, 0) is 14.3 Å². The Hall–Kier alpha value is -1.85. The first-order valence-corrected chi connectivity index (χ1v) is 25.3. The molecule has 1 aliphatic heterocycles. The molecule has 0 aromatic carbocycles. The maximum atomic E-state index is 13.0. The second-order valence-electron chi connectivity index (χ2n) is 17.6. The van der Waals surface area contributed by atoms with Crippen molar-refractivity contribution in [1.82, 2.24) is 5.32 Å². The van der Waals surface area contributed by atoms with Crippen molar-refractivity contribution < 1.29 is 39.8 Å². The molecule has 0 bridgehead atoms. The second kappa shape index (κ2) is 42.1. The monoisotopic (exact) mass is 862 g/mol. The van der Waals surface area contributed by atoms with Crippen LogP contribution in [0.2, 0.25) is 0 Å². The highest BCUT2D eigenvalue weighted by atomic mass is 16.7. The lowest BCUT2D eigenvalue weighted by Gasteiger charge is -2.40. The van der Waals surface area contributed by atoms with Gasteiger partial charge in [0.1, 0.15) is 24.4 Å². The molecule has 0 saturated carbocycles. The maximum Gasteiger partial charge on any atom is 0.220 e. The van der Waals surface area contributed by atoms with Crippen molar-refractivity contribution in [2.45, 2.75) is 262 Å². The number of hydrogen-bond donors (Lipinski definition) is 6. The zero-order valence-corrected chi connectivity index (χ0v) is 39.2. The van der Waals surface area contributed by atoms with Crippen LogP contribution in [0.25, 0.3) is 0 Å². The Kier molecular flexibility index (Phi) is 39.5. The van der Waals surface area contributed by atoms with Gasteiger partial charge in [-0.3, -0.25) is 4.79 Å². The Labute approximate surface area is 373 Å². The molecule has 1 aliphatic rings. The molecule has 9 nitrogen and oxygen atoms in total. The van der Waals surface area contributed by atoms with Gasteiger partial charge in [-0.25, -0.2) is 0 Å². The van der Waals surface area contributed by atoms with Gasteiger partial charge in [-0.15, -0.1) is 0 Å². The maximum absolute atomic E-state index is 13.0. The topological polar surface area (TPSA) is 149 Å².